The third kappa shape index (κ3) is 3.91. The molecule has 0 radical (unpaired) electrons. The minimum Gasteiger partial charge on any atom is -0.375 e. The molecule has 0 aliphatic carbocycles. The number of fused-ring (bicyclic) bond motifs is 1. The predicted octanol–water partition coefficient (Wildman–Crippen LogP) is 1.44. The Bertz CT molecular complexity index is 921. The van der Waals surface area contributed by atoms with Crippen LogP contribution < -0.4 is 10.6 Å². The zero-order valence-electron chi connectivity index (χ0n) is 16.2. The van der Waals surface area contributed by atoms with E-state index < -0.39 is 23.8 Å². The van der Waals surface area contributed by atoms with Gasteiger partial charge in [-0.2, -0.15) is 0 Å². The van der Waals surface area contributed by atoms with Crippen LogP contribution in [0.4, 0.5) is 19.1 Å². The summed E-state index contributed by atoms with van der Waals surface area (Å²) in [4.78, 5) is 20.8. The first-order valence-corrected chi connectivity index (χ1v) is 9.72. The van der Waals surface area contributed by atoms with E-state index in [9.17, 15) is 18.0 Å². The number of piperidine rings is 1. The number of aromatic nitrogens is 2. The molecule has 2 aromatic rings. The number of ether oxygens (including phenoxy) is 1. The number of imidazole rings is 1. The van der Waals surface area contributed by atoms with E-state index in [0.717, 1.165) is 12.1 Å². The van der Waals surface area contributed by atoms with Gasteiger partial charge in [0.1, 0.15) is 12.7 Å². The molecule has 0 spiro atoms. The maximum Gasteiger partial charge on any atom is 0.242 e. The van der Waals surface area contributed by atoms with Crippen molar-refractivity contribution in [1.82, 2.24) is 14.5 Å². The van der Waals surface area contributed by atoms with Crippen molar-refractivity contribution in [3.63, 3.8) is 0 Å². The van der Waals surface area contributed by atoms with Gasteiger partial charge in [0.15, 0.2) is 11.6 Å². The van der Waals surface area contributed by atoms with Crippen molar-refractivity contribution < 1.29 is 22.7 Å². The maximum absolute atomic E-state index is 13.9. The number of anilines is 1. The van der Waals surface area contributed by atoms with Crippen LogP contribution in [0.5, 0.6) is 0 Å². The summed E-state index contributed by atoms with van der Waals surface area (Å²) in [6.07, 6.45) is -0.961. The van der Waals surface area contributed by atoms with E-state index in [-0.39, 0.29) is 37.0 Å². The van der Waals surface area contributed by atoms with Gasteiger partial charge in [-0.25, -0.2) is 18.2 Å². The lowest BCUT2D eigenvalue weighted by Crippen LogP contribution is -2.50. The van der Waals surface area contributed by atoms with Crippen LogP contribution in [0, 0.1) is 11.6 Å². The minimum absolute atomic E-state index is 0.0696. The number of morpholine rings is 1. The molecule has 0 saturated carbocycles. The molecule has 3 atom stereocenters. The highest BCUT2D eigenvalue weighted by atomic mass is 19.2. The van der Waals surface area contributed by atoms with Crippen molar-refractivity contribution in [3.05, 3.63) is 23.8 Å². The maximum atomic E-state index is 13.9. The zero-order chi connectivity index (χ0) is 20.7. The summed E-state index contributed by atoms with van der Waals surface area (Å²) in [5, 5.41) is 0. The molecule has 2 fully saturated rings. The molecule has 0 bridgehead atoms. The second-order valence-corrected chi connectivity index (χ2v) is 7.69. The van der Waals surface area contributed by atoms with Crippen LogP contribution in [0.25, 0.3) is 11.0 Å². The van der Waals surface area contributed by atoms with E-state index in [1.807, 2.05) is 6.92 Å². The van der Waals surface area contributed by atoms with Gasteiger partial charge in [-0.05, 0) is 13.3 Å². The fourth-order valence-electron chi connectivity index (χ4n) is 3.92. The lowest BCUT2D eigenvalue weighted by atomic mass is 10.1. The Morgan fingerprint density at radius 1 is 1.28 bits per heavy atom. The highest BCUT2D eigenvalue weighted by Gasteiger charge is 2.31. The van der Waals surface area contributed by atoms with Gasteiger partial charge in [-0.3, -0.25) is 4.79 Å². The first-order chi connectivity index (χ1) is 13.8. The third-order valence-corrected chi connectivity index (χ3v) is 5.51. The Labute approximate surface area is 166 Å². The van der Waals surface area contributed by atoms with Gasteiger partial charge in [-0.1, -0.05) is 0 Å². The van der Waals surface area contributed by atoms with Crippen molar-refractivity contribution in [2.24, 2.45) is 5.73 Å². The summed E-state index contributed by atoms with van der Waals surface area (Å²) in [6, 6.07) is 1.35. The van der Waals surface area contributed by atoms with Crippen LogP contribution >= 0.6 is 0 Å². The van der Waals surface area contributed by atoms with E-state index in [4.69, 9.17) is 10.5 Å². The Morgan fingerprint density at radius 2 is 2.03 bits per heavy atom. The van der Waals surface area contributed by atoms with Gasteiger partial charge in [0.05, 0.1) is 29.8 Å². The molecule has 7 nitrogen and oxygen atoms in total. The Kier molecular flexibility index (Phi) is 5.39. The molecule has 29 heavy (non-hydrogen) atoms. The number of alkyl halides is 1. The molecule has 1 aromatic heterocycles. The molecule has 1 amide bonds. The summed E-state index contributed by atoms with van der Waals surface area (Å²) in [6.45, 7) is 3.73. The Balaban J connectivity index is 1.70. The number of nitrogens with two attached hydrogens (primary N) is 1. The van der Waals surface area contributed by atoms with Crippen molar-refractivity contribution >= 4 is 22.9 Å². The monoisotopic (exact) mass is 411 g/mol. The van der Waals surface area contributed by atoms with Gasteiger partial charge >= 0.3 is 0 Å². The molecule has 2 saturated heterocycles. The largest absolute Gasteiger partial charge is 0.375 e. The van der Waals surface area contributed by atoms with Gasteiger partial charge < -0.3 is 24.8 Å². The SMILES string of the molecule is CC1CN(C(=O)Cn2c(N3CC[C@@H](F)[C@H](N)C3)nc3cc(F)c(F)cc32)CCO1. The van der Waals surface area contributed by atoms with Crippen molar-refractivity contribution in [2.75, 3.05) is 37.7 Å². The number of benzene rings is 1. The van der Waals surface area contributed by atoms with Gasteiger partial charge in [0.25, 0.3) is 0 Å². The standard InChI is InChI=1S/C19H24F3N5O2/c1-11-8-25(4-5-29-11)18(28)10-27-17-7-14(22)13(21)6-16(17)24-19(27)26-3-2-12(20)15(23)9-26/h6-7,11-12,15H,2-5,8-10,23H2,1H3/t11?,12-,15-/m1/s1. The highest BCUT2D eigenvalue weighted by Crippen LogP contribution is 2.28. The van der Waals surface area contributed by atoms with Gasteiger partial charge in [0.2, 0.25) is 11.9 Å². The van der Waals surface area contributed by atoms with Gasteiger partial charge in [0, 0.05) is 38.3 Å². The number of amides is 1. The van der Waals surface area contributed by atoms with Crippen LogP contribution in [-0.4, -0.2) is 71.5 Å². The summed E-state index contributed by atoms with van der Waals surface area (Å²) >= 11 is 0. The van der Waals surface area contributed by atoms with Crippen molar-refractivity contribution in [3.8, 4) is 0 Å². The highest BCUT2D eigenvalue weighted by molar-refractivity contribution is 5.83. The molecule has 2 N–H and O–H groups in total. The molecular formula is C19H24F3N5O2. The smallest absolute Gasteiger partial charge is 0.242 e. The van der Waals surface area contributed by atoms with Crippen LogP contribution in [0.3, 0.4) is 0 Å². The van der Waals surface area contributed by atoms with Crippen molar-refractivity contribution in [2.45, 2.75) is 38.2 Å². The topological polar surface area (TPSA) is 76.6 Å². The van der Waals surface area contributed by atoms with E-state index in [1.54, 1.807) is 14.4 Å². The molecule has 3 heterocycles. The second kappa shape index (κ2) is 7.83. The van der Waals surface area contributed by atoms with Crippen LogP contribution in [0.1, 0.15) is 13.3 Å². The fourth-order valence-corrected chi connectivity index (χ4v) is 3.92. The molecule has 2 aliphatic heterocycles. The van der Waals surface area contributed by atoms with E-state index in [1.165, 1.54) is 0 Å². The number of rotatable bonds is 3. The molecule has 158 valence electrons. The van der Waals surface area contributed by atoms with Crippen LogP contribution in [-0.2, 0) is 16.1 Å². The van der Waals surface area contributed by atoms with E-state index in [2.05, 4.69) is 4.98 Å². The number of hydrogen-bond donors (Lipinski definition) is 1. The summed E-state index contributed by atoms with van der Waals surface area (Å²) in [7, 11) is 0. The predicted molar refractivity (Wildman–Crippen MR) is 101 cm³/mol. The molecule has 1 unspecified atom stereocenters. The normalized spacial score (nSPS) is 25.6. The third-order valence-electron chi connectivity index (χ3n) is 5.51. The summed E-state index contributed by atoms with van der Waals surface area (Å²) in [5.41, 5.74) is 6.41. The average molecular weight is 411 g/mol. The van der Waals surface area contributed by atoms with E-state index in [0.29, 0.717) is 37.7 Å². The summed E-state index contributed by atoms with van der Waals surface area (Å²) < 4.78 is 48.5. The molecule has 2 aliphatic rings. The Hall–Kier alpha value is -2.33. The Morgan fingerprint density at radius 3 is 2.76 bits per heavy atom. The lowest BCUT2D eigenvalue weighted by Gasteiger charge is -2.35. The number of carbonyl (C=O) groups excluding carboxylic acids is 1. The first-order valence-electron chi connectivity index (χ1n) is 9.72. The van der Waals surface area contributed by atoms with Crippen LogP contribution in [0.15, 0.2) is 12.1 Å². The summed E-state index contributed by atoms with van der Waals surface area (Å²) in [5.74, 6) is -1.84. The molecular weight excluding hydrogens is 387 g/mol. The quantitative estimate of drug-likeness (QED) is 0.827. The van der Waals surface area contributed by atoms with Gasteiger partial charge in [-0.15, -0.1) is 0 Å². The number of halogens is 3. The van der Waals surface area contributed by atoms with Crippen LogP contribution in [0.2, 0.25) is 0 Å². The zero-order valence-corrected chi connectivity index (χ0v) is 16.2. The van der Waals surface area contributed by atoms with Crippen molar-refractivity contribution in [1.29, 1.82) is 0 Å². The number of carbonyl (C=O) groups is 1. The lowest BCUT2D eigenvalue weighted by molar-refractivity contribution is -0.138. The molecule has 10 heteroatoms. The number of nitrogens with zero attached hydrogens (tertiary/aromatic N) is 4. The molecule has 4 rings (SSSR count). The minimum atomic E-state index is -1.12. The number of hydrogen-bond acceptors (Lipinski definition) is 5. The molecule has 1 aromatic carbocycles. The fraction of sp³-hybridized carbons (Fsp3) is 0.579. The average Bonchev–Trinajstić information content (AvgIpc) is 3.01. The first kappa shape index (κ1) is 20.0. The van der Waals surface area contributed by atoms with E-state index >= 15 is 0 Å². The second-order valence-electron chi connectivity index (χ2n) is 7.69.